The number of hydrogen-bond acceptors (Lipinski definition) is 8. The van der Waals surface area contributed by atoms with E-state index in [2.05, 4.69) is 5.32 Å². The molecule has 2 rings (SSSR count). The number of carbonyl (C=O) groups is 4. The fourth-order valence-corrected chi connectivity index (χ4v) is 3.46. The molecule has 0 aliphatic carbocycles. The molecule has 1 aromatic rings. The van der Waals surface area contributed by atoms with Crippen molar-refractivity contribution in [3.8, 4) is 5.75 Å². The standard InChI is InChI=1S/C21H27NO9/c1-6-16-10(2)18(28-12(4)24)19(29-13(5)25)21(30-16)31-17-8-7-14(20(26)27)9-15(17)22-11(3)23/h7-10,16,18-19,21H,6H2,1-5H3,(H,22,23)(H,26,27)/t10-,16-,18+,19-,21+/m1/s1. The number of esters is 2. The highest BCUT2D eigenvalue weighted by atomic mass is 16.7. The van der Waals surface area contributed by atoms with E-state index in [9.17, 15) is 24.3 Å². The summed E-state index contributed by atoms with van der Waals surface area (Å²) >= 11 is 0. The van der Waals surface area contributed by atoms with Crippen LogP contribution in [0.25, 0.3) is 0 Å². The van der Waals surface area contributed by atoms with Gasteiger partial charge in [-0.25, -0.2) is 4.79 Å². The third kappa shape index (κ3) is 6.17. The number of hydrogen-bond donors (Lipinski definition) is 2. The maximum Gasteiger partial charge on any atom is 0.335 e. The Morgan fingerprint density at radius 2 is 1.68 bits per heavy atom. The highest BCUT2D eigenvalue weighted by Gasteiger charge is 2.48. The molecule has 1 fully saturated rings. The summed E-state index contributed by atoms with van der Waals surface area (Å²) < 4.78 is 22.8. The fraction of sp³-hybridized carbons (Fsp3) is 0.524. The van der Waals surface area contributed by atoms with Crippen molar-refractivity contribution in [2.75, 3.05) is 5.32 Å². The minimum atomic E-state index is -1.18. The summed E-state index contributed by atoms with van der Waals surface area (Å²) in [6.45, 7) is 7.44. The van der Waals surface area contributed by atoms with Crippen LogP contribution < -0.4 is 10.1 Å². The van der Waals surface area contributed by atoms with Gasteiger partial charge in [0.05, 0.1) is 17.4 Å². The van der Waals surface area contributed by atoms with Gasteiger partial charge in [-0.05, 0) is 24.6 Å². The number of aromatic carboxylic acids is 1. The summed E-state index contributed by atoms with van der Waals surface area (Å²) in [4.78, 5) is 46.3. The first kappa shape index (κ1) is 24.1. The van der Waals surface area contributed by atoms with Gasteiger partial charge in [0.25, 0.3) is 0 Å². The van der Waals surface area contributed by atoms with E-state index in [-0.39, 0.29) is 29.0 Å². The SMILES string of the molecule is CC[C@H]1O[C@@H](Oc2ccc(C(=O)O)cc2NC(C)=O)[C@H](OC(C)=O)[C@@H](OC(C)=O)[C@@H]1C. The van der Waals surface area contributed by atoms with Crippen LogP contribution >= 0.6 is 0 Å². The fourth-order valence-electron chi connectivity index (χ4n) is 3.46. The normalized spacial score (nSPS) is 25.3. The van der Waals surface area contributed by atoms with Gasteiger partial charge in [0.2, 0.25) is 18.3 Å². The van der Waals surface area contributed by atoms with Crippen LogP contribution in [0, 0.1) is 5.92 Å². The highest BCUT2D eigenvalue weighted by Crippen LogP contribution is 2.35. The zero-order chi connectivity index (χ0) is 23.3. The molecule has 1 aliphatic rings. The zero-order valence-corrected chi connectivity index (χ0v) is 18.0. The summed E-state index contributed by atoms with van der Waals surface area (Å²) in [5, 5.41) is 11.7. The lowest BCUT2D eigenvalue weighted by molar-refractivity contribution is -0.266. The summed E-state index contributed by atoms with van der Waals surface area (Å²) in [6.07, 6.45) is -2.88. The molecule has 31 heavy (non-hydrogen) atoms. The molecule has 2 N–H and O–H groups in total. The van der Waals surface area contributed by atoms with Crippen LogP contribution in [0.5, 0.6) is 5.75 Å². The van der Waals surface area contributed by atoms with Crippen molar-refractivity contribution in [2.24, 2.45) is 5.92 Å². The third-order valence-corrected chi connectivity index (χ3v) is 4.79. The van der Waals surface area contributed by atoms with Crippen LogP contribution in [0.4, 0.5) is 5.69 Å². The van der Waals surface area contributed by atoms with Crippen molar-refractivity contribution in [3.63, 3.8) is 0 Å². The first-order valence-electron chi connectivity index (χ1n) is 9.85. The third-order valence-electron chi connectivity index (χ3n) is 4.79. The summed E-state index contributed by atoms with van der Waals surface area (Å²) in [7, 11) is 0. The number of carboxylic acid groups (broad SMARTS) is 1. The quantitative estimate of drug-likeness (QED) is 0.616. The molecule has 1 heterocycles. The van der Waals surface area contributed by atoms with Crippen molar-refractivity contribution < 1.29 is 43.2 Å². The number of ether oxygens (including phenoxy) is 4. The van der Waals surface area contributed by atoms with E-state index in [0.29, 0.717) is 6.42 Å². The van der Waals surface area contributed by atoms with E-state index in [1.807, 2.05) is 13.8 Å². The van der Waals surface area contributed by atoms with Crippen molar-refractivity contribution in [2.45, 2.75) is 65.6 Å². The largest absolute Gasteiger partial charge is 0.478 e. The number of carbonyl (C=O) groups excluding carboxylic acids is 3. The van der Waals surface area contributed by atoms with Crippen LogP contribution in [-0.4, -0.2) is 53.5 Å². The Morgan fingerprint density at radius 1 is 1.06 bits per heavy atom. The molecule has 170 valence electrons. The van der Waals surface area contributed by atoms with Crippen LogP contribution in [-0.2, 0) is 28.6 Å². The Labute approximate surface area is 179 Å². The number of carboxylic acids is 1. The minimum absolute atomic E-state index is 0.0601. The van der Waals surface area contributed by atoms with Gasteiger partial charge in [0.1, 0.15) is 11.9 Å². The van der Waals surface area contributed by atoms with Gasteiger partial charge in [0, 0.05) is 26.7 Å². The summed E-state index contributed by atoms with van der Waals surface area (Å²) in [6, 6.07) is 3.91. The Morgan fingerprint density at radius 3 is 2.19 bits per heavy atom. The van der Waals surface area contributed by atoms with Crippen LogP contribution in [0.15, 0.2) is 18.2 Å². The van der Waals surface area contributed by atoms with Gasteiger partial charge in [-0.1, -0.05) is 13.8 Å². The van der Waals surface area contributed by atoms with E-state index in [0.717, 1.165) is 0 Å². The van der Waals surface area contributed by atoms with Crippen LogP contribution in [0.3, 0.4) is 0 Å². The topological polar surface area (TPSA) is 137 Å². The van der Waals surface area contributed by atoms with Gasteiger partial charge in [0.15, 0.2) is 0 Å². The average molecular weight is 437 g/mol. The van der Waals surface area contributed by atoms with Gasteiger partial charge in [-0.3, -0.25) is 14.4 Å². The van der Waals surface area contributed by atoms with Crippen molar-refractivity contribution in [1.29, 1.82) is 0 Å². The Balaban J connectivity index is 2.45. The molecule has 0 bridgehead atoms. The Hall–Kier alpha value is -3.14. The lowest BCUT2D eigenvalue weighted by Gasteiger charge is -2.43. The van der Waals surface area contributed by atoms with Crippen LogP contribution in [0.1, 0.15) is 51.4 Å². The predicted octanol–water partition coefficient (Wildman–Crippen LogP) is 2.36. The molecule has 1 saturated heterocycles. The molecule has 0 radical (unpaired) electrons. The van der Waals surface area contributed by atoms with Gasteiger partial charge < -0.3 is 29.4 Å². The van der Waals surface area contributed by atoms with Crippen molar-refractivity contribution in [3.05, 3.63) is 23.8 Å². The second-order valence-electron chi connectivity index (χ2n) is 7.27. The highest BCUT2D eigenvalue weighted by molar-refractivity contribution is 5.94. The smallest absolute Gasteiger partial charge is 0.335 e. The maximum absolute atomic E-state index is 11.7. The maximum atomic E-state index is 11.7. The number of anilines is 1. The Bertz CT molecular complexity index is 853. The van der Waals surface area contributed by atoms with Gasteiger partial charge in [-0.2, -0.15) is 0 Å². The second-order valence-corrected chi connectivity index (χ2v) is 7.27. The molecular formula is C21H27NO9. The molecule has 0 spiro atoms. The molecule has 10 heteroatoms. The van der Waals surface area contributed by atoms with E-state index in [4.69, 9.17) is 18.9 Å². The molecule has 1 aliphatic heterocycles. The van der Waals surface area contributed by atoms with Gasteiger partial charge >= 0.3 is 17.9 Å². The van der Waals surface area contributed by atoms with E-state index in [1.54, 1.807) is 0 Å². The lowest BCUT2D eigenvalue weighted by atomic mass is 9.89. The molecular weight excluding hydrogens is 410 g/mol. The number of amides is 1. The van der Waals surface area contributed by atoms with Crippen molar-refractivity contribution in [1.82, 2.24) is 0 Å². The monoisotopic (exact) mass is 437 g/mol. The molecule has 5 atom stereocenters. The van der Waals surface area contributed by atoms with E-state index < -0.39 is 42.3 Å². The molecule has 1 aromatic carbocycles. The van der Waals surface area contributed by atoms with Crippen LogP contribution in [0.2, 0.25) is 0 Å². The summed E-state index contributed by atoms with van der Waals surface area (Å²) in [5.74, 6) is -2.97. The van der Waals surface area contributed by atoms with E-state index in [1.165, 1.54) is 39.0 Å². The molecule has 0 aromatic heterocycles. The number of nitrogens with one attached hydrogen (secondary N) is 1. The molecule has 0 unspecified atom stereocenters. The zero-order valence-electron chi connectivity index (χ0n) is 18.0. The molecule has 10 nitrogen and oxygen atoms in total. The second kappa shape index (κ2) is 10.3. The van der Waals surface area contributed by atoms with Gasteiger partial charge in [-0.15, -0.1) is 0 Å². The first-order chi connectivity index (χ1) is 14.5. The Kier molecular flexibility index (Phi) is 7.98. The van der Waals surface area contributed by atoms with E-state index >= 15 is 0 Å². The minimum Gasteiger partial charge on any atom is -0.478 e. The predicted molar refractivity (Wildman–Crippen MR) is 108 cm³/mol. The van der Waals surface area contributed by atoms with Crippen molar-refractivity contribution >= 4 is 29.5 Å². The first-order valence-corrected chi connectivity index (χ1v) is 9.85. The molecule has 1 amide bonds. The summed E-state index contributed by atoms with van der Waals surface area (Å²) in [5.41, 5.74) is 0.0447. The number of rotatable bonds is 7. The number of benzene rings is 1. The lowest BCUT2D eigenvalue weighted by Crippen LogP contribution is -2.58. The average Bonchev–Trinajstić information content (AvgIpc) is 2.66. The molecule has 0 saturated carbocycles.